The Morgan fingerprint density at radius 2 is 1.93 bits per heavy atom. The molecule has 0 nitrogen and oxygen atoms in total. The number of unbranched alkanes of at least 4 members (excludes halogenated alkanes) is 1. The zero-order valence-electron chi connectivity index (χ0n) is 19.2. The van der Waals surface area contributed by atoms with Gasteiger partial charge in [0, 0.05) is 0 Å². The van der Waals surface area contributed by atoms with E-state index in [-0.39, 0.29) is 0 Å². The lowest BCUT2D eigenvalue weighted by Crippen LogP contribution is -2.33. The van der Waals surface area contributed by atoms with Gasteiger partial charge >= 0.3 is 0 Å². The van der Waals surface area contributed by atoms with Crippen molar-refractivity contribution in [2.45, 2.75) is 99.3 Å². The van der Waals surface area contributed by atoms with Crippen LogP contribution in [0.2, 0.25) is 0 Å². The summed E-state index contributed by atoms with van der Waals surface area (Å²) in [5.74, 6) is 4.81. The van der Waals surface area contributed by atoms with E-state index < -0.39 is 0 Å². The molecule has 0 saturated heterocycles. The first kappa shape index (κ1) is 22.5. The Morgan fingerprint density at radius 3 is 2.52 bits per heavy atom. The van der Waals surface area contributed by atoms with Crippen LogP contribution in [0.15, 0.2) is 35.5 Å². The fourth-order valence-electron chi connectivity index (χ4n) is 5.32. The molecular formula is C27H46. The molecule has 2 aliphatic carbocycles. The van der Waals surface area contributed by atoms with Crippen molar-refractivity contribution in [2.75, 3.05) is 0 Å². The van der Waals surface area contributed by atoms with Crippen molar-refractivity contribution in [1.82, 2.24) is 0 Å². The summed E-state index contributed by atoms with van der Waals surface area (Å²) in [6, 6.07) is 0. The van der Waals surface area contributed by atoms with E-state index in [0.717, 1.165) is 35.5 Å². The van der Waals surface area contributed by atoms with Crippen LogP contribution in [-0.4, -0.2) is 0 Å². The fourth-order valence-corrected chi connectivity index (χ4v) is 5.32. The Bertz CT molecular complexity index is 532. The van der Waals surface area contributed by atoms with Crippen LogP contribution >= 0.6 is 0 Å². The van der Waals surface area contributed by atoms with Crippen LogP contribution in [0.3, 0.4) is 0 Å². The van der Waals surface area contributed by atoms with Crippen molar-refractivity contribution < 1.29 is 0 Å². The van der Waals surface area contributed by atoms with Gasteiger partial charge in [-0.1, -0.05) is 83.8 Å². The molecule has 27 heavy (non-hydrogen) atoms. The fraction of sp³-hybridized carbons (Fsp3) is 0.778. The smallest absolute Gasteiger partial charge is 0.0169 e. The summed E-state index contributed by atoms with van der Waals surface area (Å²) in [4.78, 5) is 0. The Labute approximate surface area is 170 Å². The van der Waals surface area contributed by atoms with E-state index in [1.54, 1.807) is 16.7 Å². The highest BCUT2D eigenvalue weighted by molar-refractivity contribution is 5.31. The SMILES string of the molecule is C=C1C(C)CC1C(CCC1=CC(C)CCC=C1C)CC(CCCC)C(C)C. The Balaban J connectivity index is 2.07. The molecule has 1 fully saturated rings. The lowest BCUT2D eigenvalue weighted by Gasteiger charge is -2.43. The third-order valence-corrected chi connectivity index (χ3v) is 7.61. The van der Waals surface area contributed by atoms with Crippen LogP contribution < -0.4 is 0 Å². The Hall–Kier alpha value is -0.780. The molecule has 154 valence electrons. The maximum absolute atomic E-state index is 4.47. The maximum atomic E-state index is 4.47. The predicted octanol–water partition coefficient (Wildman–Crippen LogP) is 8.75. The molecule has 5 atom stereocenters. The topological polar surface area (TPSA) is 0 Å². The van der Waals surface area contributed by atoms with Gasteiger partial charge in [-0.3, -0.25) is 0 Å². The zero-order chi connectivity index (χ0) is 20.0. The van der Waals surface area contributed by atoms with Gasteiger partial charge in [-0.2, -0.15) is 0 Å². The van der Waals surface area contributed by atoms with Crippen molar-refractivity contribution in [1.29, 1.82) is 0 Å². The molecule has 5 unspecified atom stereocenters. The summed E-state index contributed by atoms with van der Waals surface area (Å²) in [6.07, 6.45) is 17.2. The van der Waals surface area contributed by atoms with Gasteiger partial charge in [0.05, 0.1) is 0 Å². The largest absolute Gasteiger partial charge is 0.0993 e. The first-order valence-corrected chi connectivity index (χ1v) is 11.9. The van der Waals surface area contributed by atoms with Crippen LogP contribution in [-0.2, 0) is 0 Å². The predicted molar refractivity (Wildman–Crippen MR) is 122 cm³/mol. The van der Waals surface area contributed by atoms with Crippen LogP contribution in [0, 0.1) is 35.5 Å². The molecular weight excluding hydrogens is 324 g/mol. The van der Waals surface area contributed by atoms with Crippen molar-refractivity contribution in [3.05, 3.63) is 35.5 Å². The van der Waals surface area contributed by atoms with E-state index in [0.29, 0.717) is 0 Å². The first-order valence-electron chi connectivity index (χ1n) is 11.9. The standard InChI is InChI=1S/C27H46/c1-8-9-13-24(19(2)3)18-26(27-17-22(6)23(27)7)15-14-25-16-20(4)11-10-12-21(25)5/h12,16,19-20,22,24,26-27H,7-11,13-15,17-18H2,1-6H3. The van der Waals surface area contributed by atoms with Crippen molar-refractivity contribution in [3.8, 4) is 0 Å². The summed E-state index contributed by atoms with van der Waals surface area (Å²) >= 11 is 0. The van der Waals surface area contributed by atoms with Crippen LogP contribution in [0.25, 0.3) is 0 Å². The highest BCUT2D eigenvalue weighted by Crippen LogP contribution is 2.48. The van der Waals surface area contributed by atoms with Crippen molar-refractivity contribution in [3.63, 3.8) is 0 Å². The van der Waals surface area contributed by atoms with Crippen molar-refractivity contribution >= 4 is 0 Å². The van der Waals surface area contributed by atoms with Gasteiger partial charge in [-0.05, 0) is 86.5 Å². The summed E-state index contributed by atoms with van der Waals surface area (Å²) in [6.45, 7) is 18.8. The van der Waals surface area contributed by atoms with E-state index in [1.165, 1.54) is 57.8 Å². The van der Waals surface area contributed by atoms with Gasteiger partial charge in [-0.15, -0.1) is 0 Å². The molecule has 0 N–H and O–H groups in total. The van der Waals surface area contributed by atoms with Gasteiger partial charge < -0.3 is 0 Å². The molecule has 0 aromatic rings. The van der Waals surface area contributed by atoms with E-state index in [4.69, 9.17) is 0 Å². The molecule has 0 aromatic heterocycles. The van der Waals surface area contributed by atoms with Gasteiger partial charge in [-0.25, -0.2) is 0 Å². The molecule has 0 spiro atoms. The molecule has 1 saturated carbocycles. The normalized spacial score (nSPS) is 28.3. The average Bonchev–Trinajstić information content (AvgIpc) is 2.79. The quantitative estimate of drug-likeness (QED) is 0.337. The molecule has 0 aromatic carbocycles. The number of hydrogen-bond acceptors (Lipinski definition) is 0. The zero-order valence-corrected chi connectivity index (χ0v) is 19.2. The van der Waals surface area contributed by atoms with Gasteiger partial charge in [0.1, 0.15) is 0 Å². The van der Waals surface area contributed by atoms with E-state index >= 15 is 0 Å². The van der Waals surface area contributed by atoms with Gasteiger partial charge in [0.15, 0.2) is 0 Å². The monoisotopic (exact) mass is 370 g/mol. The minimum atomic E-state index is 0.735. The summed E-state index contributed by atoms with van der Waals surface area (Å²) < 4.78 is 0. The molecule has 0 radical (unpaired) electrons. The lowest BCUT2D eigenvalue weighted by molar-refractivity contribution is 0.167. The maximum Gasteiger partial charge on any atom is -0.0169 e. The lowest BCUT2D eigenvalue weighted by atomic mass is 9.62. The highest BCUT2D eigenvalue weighted by atomic mass is 14.4. The van der Waals surface area contributed by atoms with Crippen molar-refractivity contribution in [2.24, 2.45) is 35.5 Å². The van der Waals surface area contributed by atoms with Crippen LogP contribution in [0.1, 0.15) is 99.3 Å². The second kappa shape index (κ2) is 10.7. The molecule has 0 bridgehead atoms. The van der Waals surface area contributed by atoms with Crippen LogP contribution in [0.4, 0.5) is 0 Å². The molecule has 0 heteroatoms. The average molecular weight is 371 g/mol. The summed E-state index contributed by atoms with van der Waals surface area (Å²) in [5.41, 5.74) is 4.73. The van der Waals surface area contributed by atoms with Gasteiger partial charge in [0.25, 0.3) is 0 Å². The second-order valence-electron chi connectivity index (χ2n) is 10.1. The first-order chi connectivity index (χ1) is 12.8. The third kappa shape index (κ3) is 6.37. The molecule has 0 heterocycles. The molecule has 2 rings (SSSR count). The van der Waals surface area contributed by atoms with Gasteiger partial charge in [0.2, 0.25) is 0 Å². The molecule has 2 aliphatic rings. The second-order valence-corrected chi connectivity index (χ2v) is 10.1. The van der Waals surface area contributed by atoms with Crippen LogP contribution in [0.5, 0.6) is 0 Å². The summed E-state index contributed by atoms with van der Waals surface area (Å²) in [7, 11) is 0. The minimum absolute atomic E-state index is 0.735. The number of rotatable bonds is 10. The minimum Gasteiger partial charge on any atom is -0.0993 e. The Kier molecular flexibility index (Phi) is 8.90. The molecule has 0 amide bonds. The number of hydrogen-bond donors (Lipinski definition) is 0. The Morgan fingerprint density at radius 1 is 1.19 bits per heavy atom. The highest BCUT2D eigenvalue weighted by Gasteiger charge is 2.37. The number of allylic oxidation sites excluding steroid dienone is 5. The summed E-state index contributed by atoms with van der Waals surface area (Å²) in [5, 5.41) is 0. The van der Waals surface area contributed by atoms with E-state index in [2.05, 4.69) is 60.3 Å². The molecule has 0 aliphatic heterocycles. The van der Waals surface area contributed by atoms with E-state index in [9.17, 15) is 0 Å². The van der Waals surface area contributed by atoms with E-state index in [1.807, 2.05) is 0 Å². The third-order valence-electron chi connectivity index (χ3n) is 7.61.